The average molecular weight is 540 g/mol. The van der Waals surface area contributed by atoms with Crippen LogP contribution in [0.15, 0.2) is 79.8 Å². The summed E-state index contributed by atoms with van der Waals surface area (Å²) in [7, 11) is 9.65. The Morgan fingerprint density at radius 2 is 1.93 bits per heavy atom. The van der Waals surface area contributed by atoms with Crippen molar-refractivity contribution in [3.63, 3.8) is 0 Å². The number of carbonyl (C=O) groups excluding carboxylic acids is 1. The molecule has 2 aromatic carbocycles. The van der Waals surface area contributed by atoms with E-state index in [2.05, 4.69) is 56.6 Å². The molecule has 0 radical (unpaired) electrons. The molecule has 2 aromatic heterocycles. The number of aromatic nitrogens is 3. The normalized spacial score (nSPS) is 10.9. The van der Waals surface area contributed by atoms with Crippen LogP contribution in [0, 0.1) is 0 Å². The summed E-state index contributed by atoms with van der Waals surface area (Å²) >= 11 is 0. The maximum atomic E-state index is 12.4. The molecule has 1 amide bonds. The highest BCUT2D eigenvalue weighted by molar-refractivity contribution is 6.02. The van der Waals surface area contributed by atoms with Gasteiger partial charge in [-0.05, 0) is 57.8 Å². The number of methoxy groups -OCH3 is 1. The first-order valence-electron chi connectivity index (χ1n) is 13.1. The summed E-state index contributed by atoms with van der Waals surface area (Å²) in [4.78, 5) is 25.7. The predicted octanol–water partition coefficient (Wildman–Crippen LogP) is 5.80. The summed E-state index contributed by atoms with van der Waals surface area (Å²) in [5.74, 6) is 0.649. The van der Waals surface area contributed by atoms with E-state index >= 15 is 0 Å². The van der Waals surface area contributed by atoms with Crippen LogP contribution in [0.5, 0.6) is 5.75 Å². The van der Waals surface area contributed by atoms with Crippen LogP contribution in [0.4, 0.5) is 23.0 Å². The van der Waals surface area contributed by atoms with Crippen molar-refractivity contribution in [2.75, 3.05) is 50.3 Å². The van der Waals surface area contributed by atoms with Crippen LogP contribution in [-0.2, 0) is 11.8 Å². The molecule has 0 saturated carbocycles. The second-order valence-electron chi connectivity index (χ2n) is 9.86. The first-order chi connectivity index (χ1) is 19.2. The summed E-state index contributed by atoms with van der Waals surface area (Å²) in [5, 5.41) is 7.32. The summed E-state index contributed by atoms with van der Waals surface area (Å²) in [6.45, 7) is 8.83. The number of hydrogen-bond acceptors (Lipinski definition) is 7. The Hall–Kier alpha value is -4.63. The molecule has 0 aliphatic carbocycles. The molecular formula is C31H37N7O2. The van der Waals surface area contributed by atoms with E-state index in [4.69, 9.17) is 9.72 Å². The van der Waals surface area contributed by atoms with Crippen molar-refractivity contribution < 1.29 is 9.53 Å². The van der Waals surface area contributed by atoms with Crippen LogP contribution in [0.2, 0.25) is 0 Å². The number of fused-ring (bicyclic) bond motifs is 1. The second-order valence-corrected chi connectivity index (χ2v) is 9.86. The molecule has 0 fully saturated rings. The molecule has 9 heteroatoms. The molecule has 9 nitrogen and oxygen atoms in total. The Balaban J connectivity index is 1.68. The number of rotatable bonds is 12. The lowest BCUT2D eigenvalue weighted by Gasteiger charge is -2.26. The number of benzene rings is 2. The zero-order valence-electron chi connectivity index (χ0n) is 23.9. The molecule has 4 aromatic rings. The summed E-state index contributed by atoms with van der Waals surface area (Å²) in [5.41, 5.74) is 5.78. The number of amides is 1. The lowest BCUT2D eigenvalue weighted by atomic mass is 10.1. The number of allylic oxidation sites excluding steroid dienone is 1. The van der Waals surface area contributed by atoms with Crippen molar-refractivity contribution in [1.82, 2.24) is 19.4 Å². The van der Waals surface area contributed by atoms with Gasteiger partial charge in [-0.2, -0.15) is 0 Å². The number of anilines is 4. The third kappa shape index (κ3) is 6.32. The fourth-order valence-electron chi connectivity index (χ4n) is 4.57. The van der Waals surface area contributed by atoms with Crippen molar-refractivity contribution in [2.45, 2.75) is 12.8 Å². The molecule has 0 spiro atoms. The van der Waals surface area contributed by atoms with Crippen molar-refractivity contribution in [3.8, 4) is 17.0 Å². The van der Waals surface area contributed by atoms with Crippen molar-refractivity contribution in [3.05, 3.63) is 79.8 Å². The highest BCUT2D eigenvalue weighted by Crippen LogP contribution is 2.39. The van der Waals surface area contributed by atoms with Gasteiger partial charge in [-0.25, -0.2) is 9.97 Å². The number of aryl methyl sites for hydroxylation is 1. The molecule has 2 N–H and O–H groups in total. The Bertz CT molecular complexity index is 1540. The largest absolute Gasteiger partial charge is 0.494 e. The van der Waals surface area contributed by atoms with Crippen molar-refractivity contribution >= 4 is 39.8 Å². The Morgan fingerprint density at radius 3 is 2.65 bits per heavy atom. The van der Waals surface area contributed by atoms with Crippen molar-refractivity contribution in [2.24, 2.45) is 7.05 Å². The topological polar surface area (TPSA) is 87.5 Å². The third-order valence-corrected chi connectivity index (χ3v) is 6.74. The van der Waals surface area contributed by atoms with Crippen LogP contribution in [0.25, 0.3) is 22.2 Å². The molecule has 4 rings (SSSR count). The minimum Gasteiger partial charge on any atom is -0.494 e. The molecule has 0 aliphatic heterocycles. The lowest BCUT2D eigenvalue weighted by molar-refractivity contribution is -0.111. The highest BCUT2D eigenvalue weighted by Gasteiger charge is 2.18. The standard InChI is InChI=1S/C31H37N7O2/c1-8-30(39)33-25-18-26(29(40-7)19-28(25)38(6)21(2)12-11-17-36(3)4)35-31-32-16-15-24(34-31)23-20-37(5)27-14-10-9-13-22(23)27/h8-10,13-16,18-20H,1-2,11-12,17H2,3-7H3,(H,33,39)(H,32,34,35). The van der Waals surface area contributed by atoms with E-state index < -0.39 is 0 Å². The second kappa shape index (κ2) is 12.5. The fraction of sp³-hybridized carbons (Fsp3) is 0.258. The number of nitrogens with zero attached hydrogens (tertiary/aromatic N) is 5. The smallest absolute Gasteiger partial charge is 0.247 e. The SMILES string of the molecule is C=CC(=O)Nc1cc(Nc2nccc(-c3cn(C)c4ccccc34)n2)c(OC)cc1N(C)C(=C)CCCN(C)C. The molecule has 0 aliphatic rings. The third-order valence-electron chi connectivity index (χ3n) is 6.74. The maximum Gasteiger partial charge on any atom is 0.247 e. The number of nitrogens with one attached hydrogen (secondary N) is 2. The zero-order chi connectivity index (χ0) is 28.8. The average Bonchev–Trinajstić information content (AvgIpc) is 3.29. The monoisotopic (exact) mass is 539 g/mol. The van der Waals surface area contributed by atoms with Crippen LogP contribution in [-0.4, -0.2) is 60.1 Å². The molecule has 0 bridgehead atoms. The molecule has 208 valence electrons. The van der Waals surface area contributed by atoms with E-state index in [1.54, 1.807) is 13.3 Å². The van der Waals surface area contributed by atoms with E-state index in [0.29, 0.717) is 23.1 Å². The van der Waals surface area contributed by atoms with Gasteiger partial charge in [0.25, 0.3) is 0 Å². The first kappa shape index (κ1) is 28.4. The summed E-state index contributed by atoms with van der Waals surface area (Å²) < 4.78 is 7.83. The van der Waals surface area contributed by atoms with Gasteiger partial charge in [0, 0.05) is 54.7 Å². The molecular weight excluding hydrogens is 502 g/mol. The van der Waals surface area contributed by atoms with E-state index in [9.17, 15) is 4.79 Å². The minimum atomic E-state index is -0.321. The van der Waals surface area contributed by atoms with E-state index in [-0.39, 0.29) is 5.91 Å². The number of ether oxygens (including phenoxy) is 1. The van der Waals surface area contributed by atoms with Crippen LogP contribution in [0.1, 0.15) is 12.8 Å². The van der Waals surface area contributed by atoms with E-state index in [1.165, 1.54) is 6.08 Å². The Labute approximate surface area is 235 Å². The summed E-state index contributed by atoms with van der Waals surface area (Å²) in [6, 6.07) is 13.8. The molecule has 2 heterocycles. The van der Waals surface area contributed by atoms with Gasteiger partial charge in [0.05, 0.1) is 29.9 Å². The van der Waals surface area contributed by atoms with Gasteiger partial charge >= 0.3 is 0 Å². The lowest BCUT2D eigenvalue weighted by Crippen LogP contribution is -2.20. The van der Waals surface area contributed by atoms with Crippen LogP contribution >= 0.6 is 0 Å². The van der Waals surface area contributed by atoms with E-state index in [1.807, 2.05) is 63.4 Å². The Morgan fingerprint density at radius 1 is 1.15 bits per heavy atom. The number of para-hydroxylation sites is 1. The predicted molar refractivity (Wildman–Crippen MR) is 164 cm³/mol. The first-order valence-corrected chi connectivity index (χ1v) is 13.1. The number of hydrogen-bond donors (Lipinski definition) is 2. The van der Waals surface area contributed by atoms with Gasteiger partial charge < -0.3 is 29.7 Å². The van der Waals surface area contributed by atoms with Gasteiger partial charge in [0.2, 0.25) is 11.9 Å². The molecule has 0 unspecified atom stereocenters. The molecule has 0 atom stereocenters. The molecule has 40 heavy (non-hydrogen) atoms. The minimum absolute atomic E-state index is 0.321. The highest BCUT2D eigenvalue weighted by atomic mass is 16.5. The quantitative estimate of drug-likeness (QED) is 0.220. The van der Waals surface area contributed by atoms with Crippen LogP contribution < -0.4 is 20.3 Å². The maximum absolute atomic E-state index is 12.4. The summed E-state index contributed by atoms with van der Waals surface area (Å²) in [6.07, 6.45) is 6.80. The van der Waals surface area contributed by atoms with Crippen molar-refractivity contribution in [1.29, 1.82) is 0 Å². The zero-order valence-corrected chi connectivity index (χ0v) is 23.9. The number of carbonyl (C=O) groups is 1. The van der Waals surface area contributed by atoms with Gasteiger partial charge in [-0.1, -0.05) is 31.4 Å². The fourth-order valence-corrected chi connectivity index (χ4v) is 4.57. The van der Waals surface area contributed by atoms with Gasteiger partial charge in [-0.3, -0.25) is 4.79 Å². The molecule has 0 saturated heterocycles. The van der Waals surface area contributed by atoms with Gasteiger partial charge in [0.15, 0.2) is 0 Å². The van der Waals surface area contributed by atoms with Crippen LogP contribution in [0.3, 0.4) is 0 Å². The van der Waals surface area contributed by atoms with Gasteiger partial charge in [0.1, 0.15) is 5.75 Å². The Kier molecular flexibility index (Phi) is 8.86. The van der Waals surface area contributed by atoms with Gasteiger partial charge in [-0.15, -0.1) is 0 Å². The van der Waals surface area contributed by atoms with E-state index in [0.717, 1.165) is 52.9 Å².